The van der Waals surface area contributed by atoms with Crippen LogP contribution in [0.4, 0.5) is 0 Å². The van der Waals surface area contributed by atoms with E-state index in [2.05, 4.69) is 25.0 Å². The van der Waals surface area contributed by atoms with Crippen LogP contribution in [0.15, 0.2) is 18.0 Å². The number of rotatable bonds is 1. The van der Waals surface area contributed by atoms with Gasteiger partial charge in [0.1, 0.15) is 0 Å². The van der Waals surface area contributed by atoms with Crippen LogP contribution in [0.5, 0.6) is 0 Å². The molecule has 1 aromatic heterocycles. The zero-order valence-electron chi connectivity index (χ0n) is 17.5. The van der Waals surface area contributed by atoms with Gasteiger partial charge in [0.15, 0.2) is 5.78 Å². The third-order valence-electron chi connectivity index (χ3n) is 9.34. The van der Waals surface area contributed by atoms with Crippen LogP contribution >= 0.6 is 0 Å². The number of aromatic nitrogens is 2. The number of aryl methyl sites for hydroxylation is 1. The van der Waals surface area contributed by atoms with Crippen LogP contribution in [0.25, 0.3) is 6.08 Å². The second-order valence-electron chi connectivity index (χ2n) is 10.7. The maximum absolute atomic E-state index is 13.4. The number of fused-ring (bicyclic) bond motifs is 5. The monoisotopic (exact) mass is 382 g/mol. The molecule has 4 nitrogen and oxygen atoms in total. The molecule has 0 saturated heterocycles. The smallest absolute Gasteiger partial charge is 0.165 e. The molecule has 1 aromatic rings. The normalized spacial score (nSPS) is 46.9. The molecule has 7 atom stereocenters. The van der Waals surface area contributed by atoms with Gasteiger partial charge in [-0.1, -0.05) is 13.8 Å². The van der Waals surface area contributed by atoms with Gasteiger partial charge in [-0.2, -0.15) is 5.10 Å². The first-order valence-corrected chi connectivity index (χ1v) is 11.2. The third kappa shape index (κ3) is 2.59. The summed E-state index contributed by atoms with van der Waals surface area (Å²) in [6, 6.07) is 0. The molecule has 152 valence electrons. The van der Waals surface area contributed by atoms with E-state index in [0.29, 0.717) is 29.0 Å². The molecule has 1 N–H and O–H groups in total. The SMILES string of the molecule is Cn1cc(/C=C2/C[C@@H]3[C@H]4CC[C@H]5C[C@@H](O)CC[C@]5(C)[C@@H]4CC[C@@]3(C)C2=O)cn1. The summed E-state index contributed by atoms with van der Waals surface area (Å²) in [5, 5.41) is 14.5. The zero-order valence-corrected chi connectivity index (χ0v) is 17.5. The summed E-state index contributed by atoms with van der Waals surface area (Å²) in [6.07, 6.45) is 14.6. The molecule has 0 spiro atoms. The number of nitrogens with zero attached hydrogens (tertiary/aromatic N) is 2. The highest BCUT2D eigenvalue weighted by Crippen LogP contribution is 2.66. The Labute approximate surface area is 168 Å². The number of hydrogen-bond donors (Lipinski definition) is 1. The first-order valence-electron chi connectivity index (χ1n) is 11.2. The Kier molecular flexibility index (Phi) is 4.18. The minimum atomic E-state index is -0.174. The second kappa shape index (κ2) is 6.29. The lowest BCUT2D eigenvalue weighted by Crippen LogP contribution is -2.54. The van der Waals surface area contributed by atoms with Gasteiger partial charge in [0.25, 0.3) is 0 Å². The van der Waals surface area contributed by atoms with E-state index in [-0.39, 0.29) is 11.5 Å². The molecule has 4 aliphatic rings. The molecule has 0 aliphatic heterocycles. The summed E-state index contributed by atoms with van der Waals surface area (Å²) in [6.45, 7) is 4.76. The van der Waals surface area contributed by atoms with E-state index in [9.17, 15) is 9.90 Å². The van der Waals surface area contributed by atoms with Crippen molar-refractivity contribution in [2.45, 2.75) is 71.3 Å². The Morgan fingerprint density at radius 3 is 2.75 bits per heavy atom. The van der Waals surface area contributed by atoms with E-state index in [0.717, 1.165) is 49.2 Å². The molecular formula is C24H34N2O2. The third-order valence-corrected chi connectivity index (χ3v) is 9.34. The number of allylic oxidation sites excluding steroid dienone is 1. The molecule has 4 aliphatic carbocycles. The maximum Gasteiger partial charge on any atom is 0.165 e. The number of hydrogen-bond acceptors (Lipinski definition) is 3. The summed E-state index contributed by atoms with van der Waals surface area (Å²) in [5.41, 5.74) is 2.25. The van der Waals surface area contributed by atoms with Gasteiger partial charge < -0.3 is 5.11 Å². The van der Waals surface area contributed by atoms with Gasteiger partial charge in [-0.3, -0.25) is 9.48 Å². The molecule has 0 amide bonds. The molecule has 28 heavy (non-hydrogen) atoms. The molecule has 0 radical (unpaired) electrons. The van der Waals surface area contributed by atoms with Crippen LogP contribution in [0.2, 0.25) is 0 Å². The van der Waals surface area contributed by atoms with Crippen LogP contribution in [0.1, 0.15) is 70.8 Å². The van der Waals surface area contributed by atoms with E-state index >= 15 is 0 Å². The van der Waals surface area contributed by atoms with E-state index in [1.165, 1.54) is 19.3 Å². The van der Waals surface area contributed by atoms with Crippen molar-refractivity contribution in [2.75, 3.05) is 0 Å². The summed E-state index contributed by atoms with van der Waals surface area (Å²) < 4.78 is 1.80. The highest BCUT2D eigenvalue weighted by molar-refractivity contribution is 6.05. The van der Waals surface area contributed by atoms with Gasteiger partial charge in [0, 0.05) is 24.2 Å². The minimum Gasteiger partial charge on any atom is -0.393 e. The van der Waals surface area contributed by atoms with Crippen LogP contribution in [0.3, 0.4) is 0 Å². The number of aliphatic hydroxyl groups is 1. The lowest BCUT2D eigenvalue weighted by atomic mass is 9.45. The van der Waals surface area contributed by atoms with E-state index in [4.69, 9.17) is 0 Å². The highest BCUT2D eigenvalue weighted by Gasteiger charge is 2.61. The predicted molar refractivity (Wildman–Crippen MR) is 109 cm³/mol. The topological polar surface area (TPSA) is 55.1 Å². The molecule has 5 rings (SSSR count). The average molecular weight is 383 g/mol. The first kappa shape index (κ1) is 18.6. The van der Waals surface area contributed by atoms with Crippen molar-refractivity contribution in [2.24, 2.45) is 41.5 Å². The van der Waals surface area contributed by atoms with Gasteiger partial charge in [-0.25, -0.2) is 0 Å². The number of carbonyl (C=O) groups excluding carboxylic acids is 1. The number of Topliss-reactive ketones (excluding diaryl/α,β-unsaturated/α-hetero) is 1. The summed E-state index contributed by atoms with van der Waals surface area (Å²) >= 11 is 0. The number of aliphatic hydroxyl groups excluding tert-OH is 1. The first-order chi connectivity index (χ1) is 13.3. The fraction of sp³-hybridized carbons (Fsp3) is 0.750. The average Bonchev–Trinajstić information content (AvgIpc) is 3.18. The quantitative estimate of drug-likeness (QED) is 0.733. The molecule has 4 saturated carbocycles. The Hall–Kier alpha value is -1.42. The maximum atomic E-state index is 13.4. The predicted octanol–water partition coefficient (Wildman–Crippen LogP) is 4.39. The summed E-state index contributed by atoms with van der Waals surface area (Å²) in [7, 11) is 1.92. The van der Waals surface area contributed by atoms with Crippen molar-refractivity contribution in [3.8, 4) is 0 Å². The molecule has 0 bridgehead atoms. The molecule has 4 heteroatoms. The Morgan fingerprint density at radius 1 is 1.18 bits per heavy atom. The largest absolute Gasteiger partial charge is 0.393 e. The van der Waals surface area contributed by atoms with Gasteiger partial charge in [-0.15, -0.1) is 0 Å². The Balaban J connectivity index is 1.45. The van der Waals surface area contributed by atoms with Crippen molar-refractivity contribution in [3.63, 3.8) is 0 Å². The Bertz CT molecular complexity index is 826. The molecule has 4 fully saturated rings. The fourth-order valence-corrected chi connectivity index (χ4v) is 7.75. The molecule has 0 unspecified atom stereocenters. The van der Waals surface area contributed by atoms with Crippen LogP contribution in [0, 0.1) is 34.5 Å². The second-order valence-corrected chi connectivity index (χ2v) is 10.7. The number of ketones is 1. The fourth-order valence-electron chi connectivity index (χ4n) is 7.75. The zero-order chi connectivity index (χ0) is 19.7. The lowest BCUT2D eigenvalue weighted by Gasteiger charge is -2.59. The van der Waals surface area contributed by atoms with E-state index < -0.39 is 0 Å². The van der Waals surface area contributed by atoms with Gasteiger partial charge in [-0.05, 0) is 92.1 Å². The van der Waals surface area contributed by atoms with Crippen LogP contribution < -0.4 is 0 Å². The van der Waals surface area contributed by atoms with Crippen molar-refractivity contribution in [1.29, 1.82) is 0 Å². The van der Waals surface area contributed by atoms with Gasteiger partial charge in [0.05, 0.1) is 12.3 Å². The van der Waals surface area contributed by atoms with Crippen molar-refractivity contribution >= 4 is 11.9 Å². The standard InChI is InChI=1S/C24H34N2O2/c1-23-8-6-18(27)12-17(23)4-5-19-20(23)7-9-24(2)21(19)11-16(22(24)28)10-15-13-25-26(3)14-15/h10,13-14,17-21,27H,4-9,11-12H2,1-3H3/b16-10-/t17-,18-,19-,20+,21+,23-,24+/m0/s1. The summed E-state index contributed by atoms with van der Waals surface area (Å²) in [4.78, 5) is 13.4. The summed E-state index contributed by atoms with van der Waals surface area (Å²) in [5.74, 6) is 2.95. The molecule has 0 aromatic carbocycles. The molecule has 1 heterocycles. The Morgan fingerprint density at radius 2 is 2.00 bits per heavy atom. The minimum absolute atomic E-state index is 0.0921. The van der Waals surface area contributed by atoms with Gasteiger partial charge >= 0.3 is 0 Å². The van der Waals surface area contributed by atoms with Crippen molar-refractivity contribution in [3.05, 3.63) is 23.5 Å². The van der Waals surface area contributed by atoms with Gasteiger partial charge in [0.2, 0.25) is 0 Å². The van der Waals surface area contributed by atoms with E-state index in [1.54, 1.807) is 4.68 Å². The van der Waals surface area contributed by atoms with Crippen molar-refractivity contribution < 1.29 is 9.90 Å². The van der Waals surface area contributed by atoms with E-state index in [1.807, 2.05) is 19.4 Å². The lowest BCUT2D eigenvalue weighted by molar-refractivity contribution is -0.141. The van der Waals surface area contributed by atoms with Crippen molar-refractivity contribution in [1.82, 2.24) is 9.78 Å². The van der Waals surface area contributed by atoms with Crippen LogP contribution in [-0.4, -0.2) is 26.8 Å². The molecular weight excluding hydrogens is 348 g/mol. The number of carbonyl (C=O) groups is 1. The highest BCUT2D eigenvalue weighted by atomic mass is 16.3. The van der Waals surface area contributed by atoms with Crippen LogP contribution in [-0.2, 0) is 11.8 Å².